The number of hydrogen-bond acceptors (Lipinski definition) is 5. The molecule has 25 heavy (non-hydrogen) atoms. The molecule has 0 radical (unpaired) electrons. The van der Waals surface area contributed by atoms with E-state index in [-0.39, 0.29) is 17.7 Å². The molecule has 2 aliphatic rings. The van der Waals surface area contributed by atoms with Crippen LogP contribution >= 0.6 is 0 Å². The summed E-state index contributed by atoms with van der Waals surface area (Å²) in [6.07, 6.45) is 4.87. The molecule has 2 heterocycles. The molecule has 1 saturated heterocycles. The predicted molar refractivity (Wildman–Crippen MR) is 90.4 cm³/mol. The molecule has 4 rings (SSSR count). The number of aromatic nitrogens is 2. The van der Waals surface area contributed by atoms with E-state index in [0.29, 0.717) is 36.6 Å². The Balaban J connectivity index is 1.40. The van der Waals surface area contributed by atoms with Gasteiger partial charge in [0.25, 0.3) is 0 Å². The maximum Gasteiger partial charge on any atom is 0.228 e. The highest BCUT2D eigenvalue weighted by Crippen LogP contribution is 2.30. The van der Waals surface area contributed by atoms with Crippen LogP contribution in [0.1, 0.15) is 37.7 Å². The van der Waals surface area contributed by atoms with E-state index in [4.69, 9.17) is 4.63 Å². The van der Waals surface area contributed by atoms with Gasteiger partial charge in [-0.2, -0.15) is 0 Å². The van der Waals surface area contributed by atoms with Crippen LogP contribution < -0.4 is 0 Å². The van der Waals surface area contributed by atoms with Gasteiger partial charge < -0.3 is 9.80 Å². The van der Waals surface area contributed by atoms with Gasteiger partial charge in [-0.05, 0) is 40.9 Å². The normalized spacial score (nSPS) is 21.4. The van der Waals surface area contributed by atoms with Crippen LogP contribution in [0.5, 0.6) is 0 Å². The molecule has 1 aromatic heterocycles. The largest absolute Gasteiger partial charge is 0.341 e. The van der Waals surface area contributed by atoms with E-state index in [1.807, 2.05) is 23.1 Å². The third kappa shape index (κ3) is 3.10. The van der Waals surface area contributed by atoms with Crippen molar-refractivity contribution in [1.82, 2.24) is 20.1 Å². The van der Waals surface area contributed by atoms with E-state index < -0.39 is 0 Å². The average molecular weight is 342 g/mol. The molecule has 0 bridgehead atoms. The highest BCUT2D eigenvalue weighted by atomic mass is 16.6. The van der Waals surface area contributed by atoms with Crippen LogP contribution in [-0.2, 0) is 16.1 Å². The molecule has 2 fully saturated rings. The van der Waals surface area contributed by atoms with E-state index in [9.17, 15) is 9.59 Å². The van der Waals surface area contributed by atoms with Crippen LogP contribution in [0.3, 0.4) is 0 Å². The Kier molecular flexibility index (Phi) is 4.15. The molecule has 132 valence electrons. The molecular weight excluding hydrogens is 320 g/mol. The number of amides is 2. The second-order valence-electron chi connectivity index (χ2n) is 7.17. The summed E-state index contributed by atoms with van der Waals surface area (Å²) in [6.45, 7) is 1.05. The topological polar surface area (TPSA) is 79.5 Å². The predicted octanol–water partition coefficient (Wildman–Crippen LogP) is 1.97. The van der Waals surface area contributed by atoms with E-state index in [1.165, 1.54) is 12.8 Å². The van der Waals surface area contributed by atoms with Crippen molar-refractivity contribution in [1.29, 1.82) is 0 Å². The van der Waals surface area contributed by atoms with Crippen molar-refractivity contribution in [3.05, 3.63) is 23.8 Å². The maximum atomic E-state index is 12.8. The molecule has 7 heteroatoms. The summed E-state index contributed by atoms with van der Waals surface area (Å²) in [4.78, 5) is 28.7. The standard InChI is InChI=1S/C18H22N4O3/c1-21(10-12-6-7-15-16(8-12)20-25-19-15)18(24)13-9-17(23)22(11-13)14-4-2-3-5-14/h6-8,13-14H,2-5,9-11H2,1H3/t13-/m0/s1. The van der Waals surface area contributed by atoms with Gasteiger partial charge >= 0.3 is 0 Å². The van der Waals surface area contributed by atoms with Crippen LogP contribution in [0.2, 0.25) is 0 Å². The Labute approximate surface area is 145 Å². The van der Waals surface area contributed by atoms with Crippen molar-refractivity contribution in [3.63, 3.8) is 0 Å². The number of fused-ring (bicyclic) bond motifs is 1. The summed E-state index contributed by atoms with van der Waals surface area (Å²) in [5.41, 5.74) is 2.35. The summed E-state index contributed by atoms with van der Waals surface area (Å²) in [5.74, 6) is -0.0588. The molecular formula is C18H22N4O3. The van der Waals surface area contributed by atoms with Gasteiger partial charge in [-0.3, -0.25) is 9.59 Å². The quantitative estimate of drug-likeness (QED) is 0.849. The number of hydrogen-bond donors (Lipinski definition) is 0. The van der Waals surface area contributed by atoms with Crippen LogP contribution in [0.25, 0.3) is 11.0 Å². The highest BCUT2D eigenvalue weighted by molar-refractivity contribution is 5.89. The summed E-state index contributed by atoms with van der Waals surface area (Å²) >= 11 is 0. The number of rotatable bonds is 4. The van der Waals surface area contributed by atoms with Gasteiger partial charge in [-0.15, -0.1) is 0 Å². The smallest absolute Gasteiger partial charge is 0.228 e. The highest BCUT2D eigenvalue weighted by Gasteiger charge is 2.39. The van der Waals surface area contributed by atoms with Crippen molar-refractivity contribution in [3.8, 4) is 0 Å². The third-order valence-corrected chi connectivity index (χ3v) is 5.39. The van der Waals surface area contributed by atoms with Crippen LogP contribution in [0.4, 0.5) is 0 Å². The molecule has 1 aliphatic carbocycles. The van der Waals surface area contributed by atoms with E-state index in [0.717, 1.165) is 18.4 Å². The fraction of sp³-hybridized carbons (Fsp3) is 0.556. The maximum absolute atomic E-state index is 12.8. The van der Waals surface area contributed by atoms with Gasteiger partial charge in [0.15, 0.2) is 0 Å². The van der Waals surface area contributed by atoms with Crippen molar-refractivity contribution in [2.75, 3.05) is 13.6 Å². The van der Waals surface area contributed by atoms with Crippen LogP contribution in [0.15, 0.2) is 22.8 Å². The van der Waals surface area contributed by atoms with Gasteiger partial charge in [-0.25, -0.2) is 4.63 Å². The van der Waals surface area contributed by atoms with Crippen molar-refractivity contribution >= 4 is 22.8 Å². The lowest BCUT2D eigenvalue weighted by Gasteiger charge is -2.25. The van der Waals surface area contributed by atoms with Crippen LogP contribution in [0, 0.1) is 5.92 Å². The summed E-state index contributed by atoms with van der Waals surface area (Å²) in [5, 5.41) is 7.61. The Morgan fingerprint density at radius 2 is 2.04 bits per heavy atom. The minimum absolute atomic E-state index is 0.0345. The molecule has 2 amide bonds. The van der Waals surface area contributed by atoms with E-state index in [2.05, 4.69) is 10.3 Å². The third-order valence-electron chi connectivity index (χ3n) is 5.39. The fourth-order valence-electron chi connectivity index (χ4n) is 4.06. The monoisotopic (exact) mass is 342 g/mol. The van der Waals surface area contributed by atoms with Gasteiger partial charge in [0.1, 0.15) is 11.0 Å². The molecule has 1 atom stereocenters. The van der Waals surface area contributed by atoms with E-state index in [1.54, 1.807) is 11.9 Å². The van der Waals surface area contributed by atoms with Crippen molar-refractivity contribution in [2.24, 2.45) is 5.92 Å². The molecule has 1 aromatic carbocycles. The van der Waals surface area contributed by atoms with Crippen LogP contribution in [-0.4, -0.2) is 51.6 Å². The van der Waals surface area contributed by atoms with E-state index >= 15 is 0 Å². The number of carbonyl (C=O) groups is 2. The molecule has 1 aliphatic heterocycles. The molecule has 1 saturated carbocycles. The molecule has 2 aromatic rings. The molecule has 0 N–H and O–H groups in total. The lowest BCUT2D eigenvalue weighted by molar-refractivity contribution is -0.135. The molecule has 0 spiro atoms. The lowest BCUT2D eigenvalue weighted by Crippen LogP contribution is -2.37. The first-order chi connectivity index (χ1) is 12.1. The summed E-state index contributed by atoms with van der Waals surface area (Å²) < 4.78 is 4.70. The first-order valence-electron chi connectivity index (χ1n) is 8.87. The first-order valence-corrected chi connectivity index (χ1v) is 8.87. The zero-order valence-electron chi connectivity index (χ0n) is 14.4. The number of nitrogens with zero attached hydrogens (tertiary/aromatic N) is 4. The minimum Gasteiger partial charge on any atom is -0.341 e. The minimum atomic E-state index is -0.226. The molecule has 7 nitrogen and oxygen atoms in total. The van der Waals surface area contributed by atoms with Crippen molar-refractivity contribution < 1.29 is 14.2 Å². The Hall–Kier alpha value is -2.44. The second kappa shape index (κ2) is 6.46. The number of likely N-dealkylation sites (tertiary alicyclic amines) is 1. The number of carbonyl (C=O) groups excluding carboxylic acids is 2. The fourth-order valence-corrected chi connectivity index (χ4v) is 4.06. The lowest BCUT2D eigenvalue weighted by atomic mass is 10.1. The van der Waals surface area contributed by atoms with Gasteiger partial charge in [-0.1, -0.05) is 18.9 Å². The summed E-state index contributed by atoms with van der Waals surface area (Å²) in [6, 6.07) is 5.97. The number of benzene rings is 1. The summed E-state index contributed by atoms with van der Waals surface area (Å²) in [7, 11) is 1.79. The second-order valence-corrected chi connectivity index (χ2v) is 7.17. The Morgan fingerprint density at radius 3 is 2.84 bits per heavy atom. The van der Waals surface area contributed by atoms with Gasteiger partial charge in [0.05, 0.1) is 5.92 Å². The molecule has 0 unspecified atom stereocenters. The van der Waals surface area contributed by atoms with Crippen molar-refractivity contribution in [2.45, 2.75) is 44.7 Å². The Bertz CT molecular complexity index is 796. The zero-order valence-corrected chi connectivity index (χ0v) is 14.4. The van der Waals surface area contributed by atoms with Gasteiger partial charge in [0, 0.05) is 32.6 Å². The Morgan fingerprint density at radius 1 is 1.28 bits per heavy atom. The zero-order chi connectivity index (χ0) is 17.4. The SMILES string of the molecule is CN(Cc1ccc2nonc2c1)C(=O)[C@H]1CC(=O)N(C2CCCC2)C1. The first kappa shape index (κ1) is 16.1. The average Bonchev–Trinajstić information content (AvgIpc) is 3.33. The van der Waals surface area contributed by atoms with Gasteiger partial charge in [0.2, 0.25) is 11.8 Å².